The summed E-state index contributed by atoms with van der Waals surface area (Å²) >= 11 is 0. The number of rotatable bonds is 8. The first-order valence-corrected chi connectivity index (χ1v) is 8.18. The van der Waals surface area contributed by atoms with E-state index in [-0.39, 0.29) is 31.3 Å². The Morgan fingerprint density at radius 2 is 1.80 bits per heavy atom. The predicted octanol–water partition coefficient (Wildman–Crippen LogP) is 0.795. The third kappa shape index (κ3) is 5.97. The topological polar surface area (TPSA) is 83.1 Å². The van der Waals surface area contributed by atoms with Crippen LogP contribution in [0.4, 0.5) is 0 Å². The van der Waals surface area contributed by atoms with Crippen molar-refractivity contribution in [3.8, 4) is 11.5 Å². The Bertz CT molecular complexity index is 579. The Kier molecular flexibility index (Phi) is 7.12. The Balaban J connectivity index is 1.75. The second kappa shape index (κ2) is 9.32. The number of ether oxygens (including phenoxy) is 4. The van der Waals surface area contributed by atoms with Gasteiger partial charge in [-0.15, -0.1) is 0 Å². The minimum Gasteiger partial charge on any atom is -0.484 e. The lowest BCUT2D eigenvalue weighted by atomic mass is 9.96. The molecule has 1 aliphatic heterocycles. The molecule has 1 fully saturated rings. The number of esters is 1. The number of carbonyl (C=O) groups excluding carboxylic acids is 2. The number of likely N-dealkylation sites (N-methyl/N-ethyl adjacent to an activating group) is 1. The number of hydrogen-bond donors (Lipinski definition) is 1. The maximum Gasteiger partial charge on any atom is 0.344 e. The van der Waals surface area contributed by atoms with Gasteiger partial charge in [0, 0.05) is 19.5 Å². The number of benzene rings is 1. The number of amides is 1. The van der Waals surface area contributed by atoms with Crippen LogP contribution in [0.25, 0.3) is 0 Å². The summed E-state index contributed by atoms with van der Waals surface area (Å²) < 4.78 is 21.5. The van der Waals surface area contributed by atoms with Crippen LogP contribution in [0, 0.1) is 0 Å². The van der Waals surface area contributed by atoms with Gasteiger partial charge in [0.15, 0.2) is 13.2 Å². The summed E-state index contributed by atoms with van der Waals surface area (Å²) in [7, 11) is 7.25. The molecule has 8 heteroatoms. The summed E-state index contributed by atoms with van der Waals surface area (Å²) in [6.45, 7) is 1.68. The van der Waals surface area contributed by atoms with Crippen molar-refractivity contribution in [2.24, 2.45) is 0 Å². The van der Waals surface area contributed by atoms with E-state index in [9.17, 15) is 9.59 Å². The van der Waals surface area contributed by atoms with Crippen LogP contribution in [-0.4, -0.2) is 58.2 Å². The second-order valence-corrected chi connectivity index (χ2v) is 5.61. The van der Waals surface area contributed by atoms with Gasteiger partial charge in [-0.1, -0.05) is 6.92 Å². The van der Waals surface area contributed by atoms with E-state index in [1.54, 1.807) is 24.3 Å². The highest BCUT2D eigenvalue weighted by molar-refractivity contribution is 6.11. The third-order valence-corrected chi connectivity index (χ3v) is 3.74. The fourth-order valence-corrected chi connectivity index (χ4v) is 2.43. The van der Waals surface area contributed by atoms with E-state index in [1.807, 2.05) is 6.92 Å². The van der Waals surface area contributed by atoms with E-state index in [0.717, 1.165) is 6.42 Å². The van der Waals surface area contributed by atoms with Gasteiger partial charge in [0.1, 0.15) is 25.4 Å². The third-order valence-electron chi connectivity index (χ3n) is 3.74. The molecule has 0 spiro atoms. The first-order valence-electron chi connectivity index (χ1n) is 8.18. The molecule has 7 nitrogen and oxygen atoms in total. The highest BCUT2D eigenvalue weighted by Crippen LogP contribution is 2.24. The molecule has 1 aromatic carbocycles. The lowest BCUT2D eigenvalue weighted by Gasteiger charge is -2.17. The van der Waals surface area contributed by atoms with Gasteiger partial charge < -0.3 is 24.3 Å². The van der Waals surface area contributed by atoms with Crippen molar-refractivity contribution in [2.75, 3.05) is 20.3 Å². The van der Waals surface area contributed by atoms with Crippen molar-refractivity contribution < 1.29 is 28.5 Å². The van der Waals surface area contributed by atoms with Crippen LogP contribution in [0.2, 0.25) is 0 Å². The molecule has 2 rings (SSSR count). The van der Waals surface area contributed by atoms with Crippen molar-refractivity contribution in [3.05, 3.63) is 24.3 Å². The van der Waals surface area contributed by atoms with Gasteiger partial charge in [-0.2, -0.15) is 0 Å². The van der Waals surface area contributed by atoms with Gasteiger partial charge in [-0.3, -0.25) is 4.79 Å². The predicted molar refractivity (Wildman–Crippen MR) is 90.7 cm³/mol. The van der Waals surface area contributed by atoms with Crippen molar-refractivity contribution in [1.29, 1.82) is 0 Å². The maximum atomic E-state index is 11.9. The summed E-state index contributed by atoms with van der Waals surface area (Å²) in [5.41, 5.74) is 0. The molecule has 0 unspecified atom stereocenters. The Hall–Kier alpha value is -2.22. The van der Waals surface area contributed by atoms with Gasteiger partial charge in [-0.05, 0) is 30.7 Å². The second-order valence-electron chi connectivity index (χ2n) is 5.61. The van der Waals surface area contributed by atoms with Crippen LogP contribution >= 0.6 is 0 Å². The molecule has 2 radical (unpaired) electrons. The summed E-state index contributed by atoms with van der Waals surface area (Å²) in [5, 5.41) is 2.46. The Morgan fingerprint density at radius 1 is 1.20 bits per heavy atom. The highest BCUT2D eigenvalue weighted by Gasteiger charge is 2.34. The fourth-order valence-electron chi connectivity index (χ4n) is 2.43. The molecular formula is C17H22BNO6. The van der Waals surface area contributed by atoms with E-state index < -0.39 is 12.0 Å². The molecule has 0 aromatic heterocycles. The average Bonchev–Trinajstić information content (AvgIpc) is 2.98. The van der Waals surface area contributed by atoms with Gasteiger partial charge in [0.25, 0.3) is 5.91 Å². The molecule has 1 saturated heterocycles. The van der Waals surface area contributed by atoms with Crippen LogP contribution < -0.4 is 14.8 Å². The molecule has 0 aliphatic carbocycles. The van der Waals surface area contributed by atoms with Gasteiger partial charge in [0.05, 0.1) is 6.10 Å². The first kappa shape index (κ1) is 19.1. The molecule has 1 amide bonds. The first-order chi connectivity index (χ1) is 12.0. The van der Waals surface area contributed by atoms with Crippen LogP contribution in [0.5, 0.6) is 11.5 Å². The zero-order valence-electron chi connectivity index (χ0n) is 14.4. The van der Waals surface area contributed by atoms with Crippen molar-refractivity contribution in [1.82, 2.24) is 5.32 Å². The smallest absolute Gasteiger partial charge is 0.344 e. The molecule has 134 valence electrons. The van der Waals surface area contributed by atoms with Gasteiger partial charge in [0.2, 0.25) is 0 Å². The minimum absolute atomic E-state index is 0.0623. The monoisotopic (exact) mass is 347 g/mol. The zero-order valence-corrected chi connectivity index (χ0v) is 14.4. The summed E-state index contributed by atoms with van der Waals surface area (Å²) in [6, 6.07) is 6.21. The molecule has 0 bridgehead atoms. The fraction of sp³-hybridized carbons (Fsp3) is 0.529. The van der Waals surface area contributed by atoms with E-state index in [1.165, 1.54) is 7.05 Å². The van der Waals surface area contributed by atoms with E-state index in [2.05, 4.69) is 5.32 Å². The lowest BCUT2D eigenvalue weighted by Crippen LogP contribution is -2.29. The average molecular weight is 347 g/mol. The summed E-state index contributed by atoms with van der Waals surface area (Å²) in [5.74, 6) is 0.335. The number of hydrogen-bond acceptors (Lipinski definition) is 6. The summed E-state index contributed by atoms with van der Waals surface area (Å²) in [4.78, 5) is 23.0. The standard InChI is InChI=1S/C17H22BNO6/c1-3-13-14(8-15(18)24-13)25-17(21)10-23-12-6-4-11(5-7-12)22-9-16(20)19-2/h4-7,13-15H,3,8-10H2,1-2H3,(H,19,20)/t13-,14-,15-/m1/s1. The Labute approximate surface area is 148 Å². The van der Waals surface area contributed by atoms with Gasteiger partial charge in [-0.25, -0.2) is 4.79 Å². The molecule has 3 atom stereocenters. The molecule has 1 N–H and O–H groups in total. The maximum absolute atomic E-state index is 11.9. The van der Waals surface area contributed by atoms with Crippen LogP contribution in [0.15, 0.2) is 24.3 Å². The van der Waals surface area contributed by atoms with Crippen molar-refractivity contribution >= 4 is 19.7 Å². The Morgan fingerprint density at radius 3 is 2.36 bits per heavy atom. The quantitative estimate of drug-likeness (QED) is 0.553. The van der Waals surface area contributed by atoms with E-state index in [0.29, 0.717) is 17.9 Å². The lowest BCUT2D eigenvalue weighted by molar-refractivity contribution is -0.154. The van der Waals surface area contributed by atoms with Crippen molar-refractivity contribution in [3.63, 3.8) is 0 Å². The number of carbonyl (C=O) groups is 2. The molecule has 1 aromatic rings. The van der Waals surface area contributed by atoms with E-state index in [4.69, 9.17) is 26.8 Å². The zero-order chi connectivity index (χ0) is 18.2. The number of nitrogens with one attached hydrogen (secondary N) is 1. The molecular weight excluding hydrogens is 325 g/mol. The molecule has 0 saturated carbocycles. The summed E-state index contributed by atoms with van der Waals surface area (Å²) in [6.07, 6.45) is 0.707. The molecule has 25 heavy (non-hydrogen) atoms. The normalized spacial score (nSPS) is 22.2. The van der Waals surface area contributed by atoms with E-state index >= 15 is 0 Å². The largest absolute Gasteiger partial charge is 0.484 e. The van der Waals surface area contributed by atoms with Crippen molar-refractivity contribution in [2.45, 2.75) is 38.0 Å². The SMILES string of the molecule is [B][C@H]1C[C@@H](OC(=O)COc2ccc(OCC(=O)NC)cc2)[C@@H](CC)O1. The molecule has 1 aliphatic rings. The van der Waals surface area contributed by atoms with Crippen LogP contribution in [-0.2, 0) is 19.1 Å². The van der Waals surface area contributed by atoms with Gasteiger partial charge >= 0.3 is 5.97 Å². The molecule has 1 heterocycles. The highest BCUT2D eigenvalue weighted by atomic mass is 16.6. The van der Waals surface area contributed by atoms with Crippen LogP contribution in [0.1, 0.15) is 19.8 Å². The van der Waals surface area contributed by atoms with Crippen LogP contribution in [0.3, 0.4) is 0 Å². The minimum atomic E-state index is -0.471.